The molecule has 0 bridgehead atoms. The lowest BCUT2D eigenvalue weighted by Crippen LogP contribution is -2.38. The number of benzene rings is 2. The molecule has 26 heavy (non-hydrogen) atoms. The van der Waals surface area contributed by atoms with E-state index in [1.54, 1.807) is 36.5 Å². The zero-order chi connectivity index (χ0) is 18.6. The number of phenolic OH excluding ortho intramolecular Hbond substituents is 1. The number of aromatic nitrogens is 1. The summed E-state index contributed by atoms with van der Waals surface area (Å²) in [6.45, 7) is 0. The molecule has 0 aliphatic carbocycles. The summed E-state index contributed by atoms with van der Waals surface area (Å²) in [5.74, 6) is -0.641. The number of phenols is 1. The van der Waals surface area contributed by atoms with E-state index in [9.17, 15) is 18.3 Å². The van der Waals surface area contributed by atoms with Crippen LogP contribution in [0.1, 0.15) is 5.56 Å². The Labute approximate surface area is 151 Å². The summed E-state index contributed by atoms with van der Waals surface area (Å²) in [5.41, 5.74) is 0.755. The van der Waals surface area contributed by atoms with Gasteiger partial charge in [-0.2, -0.15) is 0 Å². The Morgan fingerprint density at radius 2 is 1.65 bits per heavy atom. The molecular weight excluding hydrogens is 352 g/mol. The Kier molecular flexibility index (Phi) is 4.99. The quantitative estimate of drug-likeness (QED) is 0.748. The van der Waals surface area contributed by atoms with Gasteiger partial charge < -0.3 is 5.11 Å². The first kappa shape index (κ1) is 17.6. The van der Waals surface area contributed by atoms with Crippen LogP contribution in [-0.4, -0.2) is 24.4 Å². The SMILES string of the molecule is O=C(Cc1cccnc1)N(c1ccc(O)cc1)S(=O)(=O)c1ccccc1. The number of pyridine rings is 1. The number of anilines is 1. The molecule has 0 atom stereocenters. The van der Waals surface area contributed by atoms with Crippen molar-refractivity contribution in [2.45, 2.75) is 11.3 Å². The fourth-order valence-corrected chi connectivity index (χ4v) is 3.90. The van der Waals surface area contributed by atoms with Crippen molar-refractivity contribution in [2.75, 3.05) is 4.31 Å². The van der Waals surface area contributed by atoms with Crippen LogP contribution in [0.2, 0.25) is 0 Å². The molecule has 6 nitrogen and oxygen atoms in total. The summed E-state index contributed by atoms with van der Waals surface area (Å²) < 4.78 is 26.9. The monoisotopic (exact) mass is 368 g/mol. The maximum atomic E-state index is 13.1. The van der Waals surface area contributed by atoms with E-state index < -0.39 is 15.9 Å². The van der Waals surface area contributed by atoms with E-state index in [0.717, 1.165) is 4.31 Å². The van der Waals surface area contributed by atoms with E-state index in [0.29, 0.717) is 5.56 Å². The van der Waals surface area contributed by atoms with Crippen molar-refractivity contribution in [3.05, 3.63) is 84.7 Å². The highest BCUT2D eigenvalue weighted by molar-refractivity contribution is 7.93. The number of amides is 1. The van der Waals surface area contributed by atoms with E-state index in [-0.39, 0.29) is 22.8 Å². The molecule has 1 amide bonds. The zero-order valence-corrected chi connectivity index (χ0v) is 14.5. The second kappa shape index (κ2) is 7.37. The van der Waals surface area contributed by atoms with E-state index in [1.807, 2.05) is 0 Å². The summed E-state index contributed by atoms with van der Waals surface area (Å²) in [6.07, 6.45) is 2.97. The minimum absolute atomic E-state index is 0.00705. The smallest absolute Gasteiger partial charge is 0.270 e. The Balaban J connectivity index is 2.05. The van der Waals surface area contributed by atoms with Crippen molar-refractivity contribution in [1.82, 2.24) is 4.98 Å². The Hall–Kier alpha value is -3.19. The third-order valence-corrected chi connectivity index (χ3v) is 5.43. The molecule has 1 N–H and O–H groups in total. The first-order chi connectivity index (χ1) is 12.5. The average molecular weight is 368 g/mol. The van der Waals surface area contributed by atoms with Crippen LogP contribution in [0, 0.1) is 0 Å². The topological polar surface area (TPSA) is 87.6 Å². The van der Waals surface area contributed by atoms with Gasteiger partial charge in [0.15, 0.2) is 0 Å². The molecule has 1 aromatic heterocycles. The van der Waals surface area contributed by atoms with Crippen LogP contribution in [0.3, 0.4) is 0 Å². The van der Waals surface area contributed by atoms with Crippen molar-refractivity contribution < 1.29 is 18.3 Å². The zero-order valence-electron chi connectivity index (χ0n) is 13.7. The predicted octanol–water partition coefficient (Wildman–Crippen LogP) is 2.75. The van der Waals surface area contributed by atoms with Crippen molar-refractivity contribution >= 4 is 21.6 Å². The van der Waals surface area contributed by atoms with Gasteiger partial charge in [-0.15, -0.1) is 0 Å². The highest BCUT2D eigenvalue weighted by atomic mass is 32.2. The summed E-state index contributed by atoms with van der Waals surface area (Å²) in [7, 11) is -4.10. The lowest BCUT2D eigenvalue weighted by molar-refractivity contribution is -0.116. The van der Waals surface area contributed by atoms with Gasteiger partial charge >= 0.3 is 0 Å². The Morgan fingerprint density at radius 3 is 2.27 bits per heavy atom. The molecule has 0 spiro atoms. The second-order valence-corrected chi connectivity index (χ2v) is 7.32. The Bertz CT molecular complexity index is 989. The maximum absolute atomic E-state index is 13.1. The third kappa shape index (κ3) is 3.73. The number of hydrogen-bond acceptors (Lipinski definition) is 5. The van der Waals surface area contributed by atoms with Crippen LogP contribution >= 0.6 is 0 Å². The summed E-state index contributed by atoms with van der Waals surface area (Å²) in [4.78, 5) is 16.8. The molecular formula is C19H16N2O4S. The first-order valence-electron chi connectivity index (χ1n) is 7.79. The first-order valence-corrected chi connectivity index (χ1v) is 9.23. The van der Waals surface area contributed by atoms with Crippen LogP contribution in [-0.2, 0) is 21.2 Å². The molecule has 1 heterocycles. The summed E-state index contributed by atoms with van der Waals surface area (Å²) >= 11 is 0. The number of nitrogens with zero attached hydrogens (tertiary/aromatic N) is 2. The molecule has 132 valence electrons. The highest BCUT2D eigenvalue weighted by Crippen LogP contribution is 2.26. The molecule has 3 aromatic rings. The van der Waals surface area contributed by atoms with Crippen LogP contribution in [0.15, 0.2) is 84.0 Å². The fourth-order valence-electron chi connectivity index (χ4n) is 2.45. The number of carbonyl (C=O) groups is 1. The molecule has 0 aliphatic rings. The molecule has 0 unspecified atom stereocenters. The van der Waals surface area contributed by atoms with Gasteiger partial charge in [0.05, 0.1) is 17.0 Å². The molecule has 0 radical (unpaired) electrons. The van der Waals surface area contributed by atoms with Crippen molar-refractivity contribution in [2.24, 2.45) is 0 Å². The average Bonchev–Trinajstić information content (AvgIpc) is 2.65. The van der Waals surface area contributed by atoms with Crippen LogP contribution in [0.5, 0.6) is 5.75 Å². The maximum Gasteiger partial charge on any atom is 0.270 e. The number of carbonyl (C=O) groups excluding carboxylic acids is 1. The number of rotatable bonds is 5. The van der Waals surface area contributed by atoms with E-state index in [4.69, 9.17) is 0 Å². The van der Waals surface area contributed by atoms with Gasteiger partial charge in [-0.05, 0) is 48.0 Å². The Morgan fingerprint density at radius 1 is 0.962 bits per heavy atom. The van der Waals surface area contributed by atoms with Gasteiger partial charge in [0.25, 0.3) is 10.0 Å². The number of hydrogen-bond donors (Lipinski definition) is 1. The van der Waals surface area contributed by atoms with Crippen LogP contribution in [0.4, 0.5) is 5.69 Å². The lowest BCUT2D eigenvalue weighted by atomic mass is 10.2. The molecule has 0 fully saturated rings. The third-order valence-electron chi connectivity index (χ3n) is 3.67. The van der Waals surface area contributed by atoms with Gasteiger partial charge in [0.1, 0.15) is 5.75 Å². The van der Waals surface area contributed by atoms with E-state index in [1.165, 1.54) is 42.6 Å². The summed E-state index contributed by atoms with van der Waals surface area (Å²) in [5, 5.41) is 9.47. The standard InChI is InChI=1S/C19H16N2O4S/c22-17-10-8-16(9-11-17)21(19(23)13-15-5-4-12-20-14-15)26(24,25)18-6-2-1-3-7-18/h1-12,14,22H,13H2. The number of sulfonamides is 1. The van der Waals surface area contributed by atoms with Gasteiger partial charge in [0.2, 0.25) is 5.91 Å². The lowest BCUT2D eigenvalue weighted by Gasteiger charge is -2.23. The normalized spacial score (nSPS) is 11.1. The summed E-state index contributed by atoms with van der Waals surface area (Å²) in [6, 6.07) is 16.6. The molecule has 0 saturated carbocycles. The molecule has 0 aliphatic heterocycles. The molecule has 0 saturated heterocycles. The predicted molar refractivity (Wildman–Crippen MR) is 97.2 cm³/mol. The molecule has 7 heteroatoms. The fraction of sp³-hybridized carbons (Fsp3) is 0.0526. The largest absolute Gasteiger partial charge is 0.508 e. The van der Waals surface area contributed by atoms with Crippen LogP contribution in [0.25, 0.3) is 0 Å². The van der Waals surface area contributed by atoms with Gasteiger partial charge in [-0.3, -0.25) is 9.78 Å². The van der Waals surface area contributed by atoms with Crippen molar-refractivity contribution in [1.29, 1.82) is 0 Å². The van der Waals surface area contributed by atoms with Crippen LogP contribution < -0.4 is 4.31 Å². The molecule has 2 aromatic carbocycles. The van der Waals surface area contributed by atoms with Gasteiger partial charge in [-0.1, -0.05) is 24.3 Å². The van der Waals surface area contributed by atoms with E-state index in [2.05, 4.69) is 4.98 Å². The van der Waals surface area contributed by atoms with Crippen molar-refractivity contribution in [3.63, 3.8) is 0 Å². The van der Waals surface area contributed by atoms with Gasteiger partial charge in [-0.25, -0.2) is 12.7 Å². The van der Waals surface area contributed by atoms with E-state index >= 15 is 0 Å². The number of aromatic hydroxyl groups is 1. The minimum atomic E-state index is -4.10. The molecule has 3 rings (SSSR count). The second-order valence-electron chi connectivity index (χ2n) is 5.53. The minimum Gasteiger partial charge on any atom is -0.508 e. The highest BCUT2D eigenvalue weighted by Gasteiger charge is 2.30. The van der Waals surface area contributed by atoms with Gasteiger partial charge in [0, 0.05) is 12.4 Å². The van der Waals surface area contributed by atoms with Crippen molar-refractivity contribution in [3.8, 4) is 5.75 Å².